The molecule has 2 N–H and O–H groups in total. The standard InChI is InChI=1S/C11H16N4OS/c1-3-17(16)7-6-15-10-9(14-11(15)12)5-4-8(2)13-10/h4-5H,3,6-7H2,1-2H3,(H2,12,14). The van der Waals surface area contributed by atoms with Crippen LogP contribution in [-0.4, -0.2) is 30.2 Å². The molecule has 0 aliphatic carbocycles. The van der Waals surface area contributed by atoms with Crippen molar-refractivity contribution < 1.29 is 4.21 Å². The van der Waals surface area contributed by atoms with Crippen LogP contribution in [-0.2, 0) is 17.3 Å². The van der Waals surface area contributed by atoms with Crippen molar-refractivity contribution in [3.8, 4) is 0 Å². The predicted octanol–water partition coefficient (Wildman–Crippen LogP) is 1.09. The first-order valence-electron chi connectivity index (χ1n) is 5.56. The first-order valence-corrected chi connectivity index (χ1v) is 7.05. The van der Waals surface area contributed by atoms with Crippen LogP contribution in [0.3, 0.4) is 0 Å². The van der Waals surface area contributed by atoms with Gasteiger partial charge in [-0.05, 0) is 19.1 Å². The number of imidazole rings is 1. The molecular weight excluding hydrogens is 236 g/mol. The molecule has 0 saturated carbocycles. The lowest BCUT2D eigenvalue weighted by Crippen LogP contribution is -2.11. The minimum atomic E-state index is -0.800. The summed E-state index contributed by atoms with van der Waals surface area (Å²) in [7, 11) is -0.800. The fourth-order valence-electron chi connectivity index (χ4n) is 1.67. The van der Waals surface area contributed by atoms with Crippen LogP contribution in [0.5, 0.6) is 0 Å². The summed E-state index contributed by atoms with van der Waals surface area (Å²) in [6, 6.07) is 3.81. The number of aromatic nitrogens is 3. The Morgan fingerprint density at radius 1 is 1.41 bits per heavy atom. The highest BCUT2D eigenvalue weighted by Crippen LogP contribution is 2.16. The summed E-state index contributed by atoms with van der Waals surface area (Å²) in [5, 5.41) is 0. The van der Waals surface area contributed by atoms with Crippen LogP contribution >= 0.6 is 0 Å². The van der Waals surface area contributed by atoms with Gasteiger partial charge >= 0.3 is 0 Å². The fourth-order valence-corrected chi connectivity index (χ4v) is 2.35. The zero-order valence-corrected chi connectivity index (χ0v) is 10.8. The molecule has 2 aromatic heterocycles. The highest BCUT2D eigenvalue weighted by atomic mass is 32.2. The van der Waals surface area contributed by atoms with Crippen molar-refractivity contribution >= 4 is 27.9 Å². The smallest absolute Gasteiger partial charge is 0.202 e. The van der Waals surface area contributed by atoms with Crippen LogP contribution in [0.4, 0.5) is 5.95 Å². The molecule has 92 valence electrons. The van der Waals surface area contributed by atoms with E-state index in [1.54, 1.807) is 0 Å². The summed E-state index contributed by atoms with van der Waals surface area (Å²) < 4.78 is 13.3. The van der Waals surface area contributed by atoms with E-state index in [9.17, 15) is 4.21 Å². The van der Waals surface area contributed by atoms with E-state index in [2.05, 4.69) is 9.97 Å². The van der Waals surface area contributed by atoms with Crippen LogP contribution in [0.25, 0.3) is 11.2 Å². The molecule has 1 unspecified atom stereocenters. The van der Waals surface area contributed by atoms with Crippen LogP contribution < -0.4 is 5.73 Å². The minimum absolute atomic E-state index is 0.436. The lowest BCUT2D eigenvalue weighted by Gasteiger charge is -2.05. The third-order valence-corrected chi connectivity index (χ3v) is 3.91. The summed E-state index contributed by atoms with van der Waals surface area (Å²) in [6.07, 6.45) is 0. The molecule has 0 fully saturated rings. The molecule has 5 nitrogen and oxygen atoms in total. The number of aryl methyl sites for hydroxylation is 2. The number of nitrogens with two attached hydrogens (primary N) is 1. The summed E-state index contributed by atoms with van der Waals surface area (Å²) >= 11 is 0. The third-order valence-electron chi connectivity index (χ3n) is 2.63. The Morgan fingerprint density at radius 2 is 2.18 bits per heavy atom. The quantitative estimate of drug-likeness (QED) is 0.884. The van der Waals surface area contributed by atoms with Crippen molar-refractivity contribution in [3.05, 3.63) is 17.8 Å². The molecule has 0 amide bonds. The van der Waals surface area contributed by atoms with Crippen molar-refractivity contribution in [2.24, 2.45) is 0 Å². The van der Waals surface area contributed by atoms with Crippen molar-refractivity contribution in [1.29, 1.82) is 0 Å². The molecule has 0 bridgehead atoms. The van der Waals surface area contributed by atoms with Gasteiger partial charge in [-0.25, -0.2) is 9.97 Å². The zero-order valence-electron chi connectivity index (χ0n) is 10.0. The van der Waals surface area contributed by atoms with E-state index >= 15 is 0 Å². The molecule has 0 aromatic carbocycles. The number of anilines is 1. The average molecular weight is 252 g/mol. The van der Waals surface area contributed by atoms with Crippen molar-refractivity contribution in [1.82, 2.24) is 14.5 Å². The maximum absolute atomic E-state index is 11.4. The lowest BCUT2D eigenvalue weighted by molar-refractivity contribution is 0.676. The van der Waals surface area contributed by atoms with E-state index in [4.69, 9.17) is 5.73 Å². The van der Waals surface area contributed by atoms with E-state index in [1.807, 2.05) is 30.5 Å². The molecule has 0 saturated heterocycles. The normalized spacial score (nSPS) is 13.1. The van der Waals surface area contributed by atoms with Gasteiger partial charge in [-0.15, -0.1) is 0 Å². The van der Waals surface area contributed by atoms with E-state index in [1.165, 1.54) is 0 Å². The van der Waals surface area contributed by atoms with Gasteiger partial charge in [0.2, 0.25) is 5.95 Å². The summed E-state index contributed by atoms with van der Waals surface area (Å²) in [4.78, 5) is 8.66. The van der Waals surface area contributed by atoms with Gasteiger partial charge in [-0.1, -0.05) is 6.92 Å². The molecule has 2 aromatic rings. The van der Waals surface area contributed by atoms with Crippen LogP contribution in [0.2, 0.25) is 0 Å². The topological polar surface area (TPSA) is 73.8 Å². The fraction of sp³-hybridized carbons (Fsp3) is 0.455. The molecule has 0 radical (unpaired) electrons. The maximum Gasteiger partial charge on any atom is 0.202 e. The average Bonchev–Trinajstić information content (AvgIpc) is 2.61. The Balaban J connectivity index is 2.35. The van der Waals surface area contributed by atoms with Gasteiger partial charge < -0.3 is 5.73 Å². The number of fused-ring (bicyclic) bond motifs is 1. The molecule has 6 heteroatoms. The summed E-state index contributed by atoms with van der Waals surface area (Å²) in [5.74, 6) is 1.69. The summed E-state index contributed by atoms with van der Waals surface area (Å²) in [6.45, 7) is 4.43. The second-order valence-electron chi connectivity index (χ2n) is 3.85. The lowest BCUT2D eigenvalue weighted by atomic mass is 10.3. The largest absolute Gasteiger partial charge is 0.369 e. The van der Waals surface area contributed by atoms with Crippen LogP contribution in [0.1, 0.15) is 12.6 Å². The van der Waals surface area contributed by atoms with Gasteiger partial charge in [0.15, 0.2) is 5.65 Å². The van der Waals surface area contributed by atoms with Gasteiger partial charge in [-0.3, -0.25) is 8.78 Å². The number of hydrogen-bond acceptors (Lipinski definition) is 4. The molecule has 2 heterocycles. The Morgan fingerprint density at radius 3 is 2.88 bits per heavy atom. The van der Waals surface area contributed by atoms with Crippen molar-refractivity contribution in [2.75, 3.05) is 17.2 Å². The van der Waals surface area contributed by atoms with Gasteiger partial charge in [0.1, 0.15) is 5.52 Å². The van der Waals surface area contributed by atoms with E-state index in [0.29, 0.717) is 24.0 Å². The van der Waals surface area contributed by atoms with Gasteiger partial charge in [-0.2, -0.15) is 0 Å². The number of nitrogens with zero attached hydrogens (tertiary/aromatic N) is 3. The van der Waals surface area contributed by atoms with Crippen molar-refractivity contribution in [3.63, 3.8) is 0 Å². The second kappa shape index (κ2) is 4.83. The van der Waals surface area contributed by atoms with Crippen LogP contribution in [0.15, 0.2) is 12.1 Å². The number of hydrogen-bond donors (Lipinski definition) is 1. The van der Waals surface area contributed by atoms with E-state index < -0.39 is 10.8 Å². The van der Waals surface area contributed by atoms with Gasteiger partial charge in [0.25, 0.3) is 0 Å². The van der Waals surface area contributed by atoms with Gasteiger partial charge in [0.05, 0.1) is 0 Å². The molecule has 1 atom stereocenters. The van der Waals surface area contributed by atoms with E-state index in [-0.39, 0.29) is 0 Å². The molecule has 17 heavy (non-hydrogen) atoms. The number of rotatable bonds is 4. The number of nitrogen functional groups attached to an aromatic ring is 1. The van der Waals surface area contributed by atoms with Crippen LogP contribution in [0, 0.1) is 6.92 Å². The monoisotopic (exact) mass is 252 g/mol. The zero-order chi connectivity index (χ0) is 12.4. The Kier molecular flexibility index (Phi) is 3.42. The highest BCUT2D eigenvalue weighted by Gasteiger charge is 2.10. The molecule has 2 rings (SSSR count). The minimum Gasteiger partial charge on any atom is -0.369 e. The summed E-state index contributed by atoms with van der Waals surface area (Å²) in [5.41, 5.74) is 8.33. The Hall–Kier alpha value is -1.43. The first-order chi connectivity index (χ1) is 8.11. The number of pyridine rings is 1. The van der Waals surface area contributed by atoms with Crippen molar-refractivity contribution in [2.45, 2.75) is 20.4 Å². The Bertz CT molecular complexity index is 564. The highest BCUT2D eigenvalue weighted by molar-refractivity contribution is 7.84. The Labute approximate surface area is 103 Å². The molecule has 0 aliphatic heterocycles. The SMILES string of the molecule is CCS(=O)CCn1c(N)nc2ccc(C)nc21. The first kappa shape index (κ1) is 12.0. The molecule has 0 spiro atoms. The second-order valence-corrected chi connectivity index (χ2v) is 5.71. The predicted molar refractivity (Wildman–Crippen MR) is 70.2 cm³/mol. The maximum atomic E-state index is 11.4. The molecular formula is C11H16N4OS. The third kappa shape index (κ3) is 2.46. The van der Waals surface area contributed by atoms with Gasteiger partial charge in [0, 0.05) is 34.5 Å². The van der Waals surface area contributed by atoms with E-state index in [0.717, 1.165) is 16.9 Å². The molecule has 0 aliphatic rings.